The number of carbonyl (C=O) groups excluding carboxylic acids is 1. The number of hydrogen-bond acceptors (Lipinski definition) is 4. The molecule has 1 aromatic rings. The molecule has 0 aliphatic carbocycles. The Morgan fingerprint density at radius 3 is 1.87 bits per heavy atom. The Hall–Kier alpha value is -1.44. The molecule has 0 heterocycles. The summed E-state index contributed by atoms with van der Waals surface area (Å²) in [5.74, 6) is -0.292. The lowest BCUT2D eigenvalue weighted by molar-refractivity contribution is -0.168. The van der Waals surface area contributed by atoms with Crippen molar-refractivity contribution in [3.05, 3.63) is 27.8 Å². The Labute approximate surface area is 138 Å². The highest BCUT2D eigenvalue weighted by Crippen LogP contribution is 2.29. The molecule has 7 heteroatoms. The van der Waals surface area contributed by atoms with Crippen LogP contribution in [0.5, 0.6) is 0 Å². The molecule has 1 rings (SSSR count). The predicted octanol–water partition coefficient (Wildman–Crippen LogP) is 1.92. The fourth-order valence-electron chi connectivity index (χ4n) is 2.49. The van der Waals surface area contributed by atoms with Crippen molar-refractivity contribution in [2.24, 2.45) is 0 Å². The van der Waals surface area contributed by atoms with Gasteiger partial charge in [0, 0.05) is 20.0 Å². The van der Waals surface area contributed by atoms with E-state index in [9.17, 15) is 13.2 Å². The smallest absolute Gasteiger partial charge is 0.247 e. The molecular weight excluding hydrogens is 316 g/mol. The molecule has 0 saturated heterocycles. The van der Waals surface area contributed by atoms with Crippen LogP contribution in [0.2, 0.25) is 0 Å². The summed E-state index contributed by atoms with van der Waals surface area (Å²) in [7, 11) is -0.807. The Bertz CT molecular complexity index is 682. The summed E-state index contributed by atoms with van der Waals surface area (Å²) in [5.41, 5.74) is 4.56. The van der Waals surface area contributed by atoms with Gasteiger partial charge < -0.3 is 0 Å². The predicted molar refractivity (Wildman–Crippen MR) is 89.7 cm³/mol. The third kappa shape index (κ3) is 4.10. The first-order chi connectivity index (χ1) is 10.5. The van der Waals surface area contributed by atoms with Crippen LogP contribution in [0.3, 0.4) is 0 Å². The summed E-state index contributed by atoms with van der Waals surface area (Å²) in [6, 6.07) is 0. The number of nitrogens with zero attached hydrogens (tertiary/aromatic N) is 1. The fraction of sp³-hybridized carbons (Fsp3) is 0.562. The number of hydroxylamine groups is 2. The maximum atomic E-state index is 12.6. The largest absolute Gasteiger partial charge is 0.275 e. The molecule has 0 aromatic heterocycles. The molecule has 0 fully saturated rings. The van der Waals surface area contributed by atoms with Crippen molar-refractivity contribution in [2.75, 3.05) is 20.7 Å². The maximum absolute atomic E-state index is 12.6. The second kappa shape index (κ2) is 7.42. The molecule has 130 valence electrons. The summed E-state index contributed by atoms with van der Waals surface area (Å²) in [6.45, 7) is 9.49. The third-order valence-corrected chi connectivity index (χ3v) is 6.19. The molecule has 0 saturated carbocycles. The van der Waals surface area contributed by atoms with Gasteiger partial charge in [0.05, 0.1) is 12.0 Å². The molecule has 1 aromatic carbocycles. The van der Waals surface area contributed by atoms with Crippen LogP contribution in [-0.2, 0) is 19.7 Å². The minimum absolute atomic E-state index is 0.0275. The average Bonchev–Trinajstić information content (AvgIpc) is 2.49. The van der Waals surface area contributed by atoms with Gasteiger partial charge in [-0.05, 0) is 62.4 Å². The van der Waals surface area contributed by atoms with E-state index in [1.165, 1.54) is 14.2 Å². The van der Waals surface area contributed by atoms with Gasteiger partial charge in [-0.25, -0.2) is 18.2 Å². The molecule has 6 nitrogen and oxygen atoms in total. The quantitative estimate of drug-likeness (QED) is 0.802. The lowest BCUT2D eigenvalue weighted by atomic mass is 9.95. The highest BCUT2D eigenvalue weighted by atomic mass is 32.2. The highest BCUT2D eigenvalue weighted by Gasteiger charge is 2.23. The van der Waals surface area contributed by atoms with Gasteiger partial charge in [-0.2, -0.15) is 0 Å². The van der Waals surface area contributed by atoms with Crippen molar-refractivity contribution in [1.29, 1.82) is 0 Å². The Balaban J connectivity index is 3.05. The van der Waals surface area contributed by atoms with E-state index < -0.39 is 10.0 Å². The number of nitrogens with one attached hydrogen (secondary N) is 1. The molecular formula is C16H26N2O4S. The summed E-state index contributed by atoms with van der Waals surface area (Å²) in [6.07, 6.45) is 0.0332. The van der Waals surface area contributed by atoms with Crippen LogP contribution in [-0.4, -0.2) is 40.1 Å². The molecule has 0 atom stereocenters. The van der Waals surface area contributed by atoms with E-state index in [1.807, 2.05) is 34.6 Å². The van der Waals surface area contributed by atoms with Crippen molar-refractivity contribution in [3.8, 4) is 0 Å². The van der Waals surface area contributed by atoms with Crippen molar-refractivity contribution >= 4 is 15.9 Å². The topological polar surface area (TPSA) is 75.7 Å². The second-order valence-corrected chi connectivity index (χ2v) is 7.38. The zero-order valence-corrected chi connectivity index (χ0v) is 15.7. The van der Waals surface area contributed by atoms with Gasteiger partial charge in [-0.3, -0.25) is 9.63 Å². The van der Waals surface area contributed by atoms with Crippen LogP contribution in [0, 0.1) is 34.6 Å². The molecule has 1 N–H and O–H groups in total. The standard InChI is InChI=1S/C16H26N2O4S/c1-10-11(2)13(4)16(14(5)12(10)3)23(20,21)17-9-8-15(19)18(6)22-7/h17H,8-9H2,1-7H3. The van der Waals surface area contributed by atoms with E-state index in [1.54, 1.807) is 0 Å². The van der Waals surface area contributed by atoms with Gasteiger partial charge in [-0.1, -0.05) is 0 Å². The zero-order valence-electron chi connectivity index (χ0n) is 14.9. The SMILES string of the molecule is CON(C)C(=O)CCNS(=O)(=O)c1c(C)c(C)c(C)c(C)c1C. The summed E-state index contributed by atoms with van der Waals surface area (Å²) < 4.78 is 27.8. The summed E-state index contributed by atoms with van der Waals surface area (Å²) >= 11 is 0. The molecule has 1 amide bonds. The van der Waals surface area contributed by atoms with E-state index >= 15 is 0 Å². The summed E-state index contributed by atoms with van der Waals surface area (Å²) in [4.78, 5) is 16.7. The van der Waals surface area contributed by atoms with Gasteiger partial charge in [-0.15, -0.1) is 0 Å². The normalized spacial score (nSPS) is 11.6. The van der Waals surface area contributed by atoms with Crippen molar-refractivity contribution in [3.63, 3.8) is 0 Å². The Morgan fingerprint density at radius 1 is 1.00 bits per heavy atom. The van der Waals surface area contributed by atoms with Crippen molar-refractivity contribution in [1.82, 2.24) is 9.79 Å². The third-order valence-electron chi connectivity index (χ3n) is 4.46. The molecule has 0 bridgehead atoms. The van der Waals surface area contributed by atoms with E-state index in [4.69, 9.17) is 4.84 Å². The van der Waals surface area contributed by atoms with Crippen LogP contribution in [0.15, 0.2) is 4.90 Å². The number of carbonyl (C=O) groups is 1. The van der Waals surface area contributed by atoms with E-state index in [0.717, 1.165) is 32.9 Å². The highest BCUT2D eigenvalue weighted by molar-refractivity contribution is 7.89. The lowest BCUT2D eigenvalue weighted by Gasteiger charge is -2.19. The first-order valence-electron chi connectivity index (χ1n) is 7.41. The number of hydrogen-bond donors (Lipinski definition) is 1. The maximum Gasteiger partial charge on any atom is 0.247 e. The Kier molecular flexibility index (Phi) is 6.33. The number of benzene rings is 1. The van der Waals surface area contributed by atoms with Gasteiger partial charge >= 0.3 is 0 Å². The number of sulfonamides is 1. The zero-order chi connectivity index (χ0) is 17.9. The fourth-order valence-corrected chi connectivity index (χ4v) is 4.12. The van der Waals surface area contributed by atoms with E-state index in [-0.39, 0.29) is 18.9 Å². The molecule has 0 spiro atoms. The second-order valence-electron chi connectivity index (χ2n) is 5.68. The average molecular weight is 342 g/mol. The van der Waals surface area contributed by atoms with Crippen LogP contribution in [0.4, 0.5) is 0 Å². The molecule has 0 aliphatic heterocycles. The monoisotopic (exact) mass is 342 g/mol. The summed E-state index contributed by atoms with van der Waals surface area (Å²) in [5, 5.41) is 1.07. The van der Waals surface area contributed by atoms with Crippen LogP contribution in [0.25, 0.3) is 0 Å². The minimum atomic E-state index is -3.67. The van der Waals surface area contributed by atoms with Gasteiger partial charge in [0.15, 0.2) is 0 Å². The Morgan fingerprint density at radius 2 is 1.43 bits per heavy atom. The minimum Gasteiger partial charge on any atom is -0.275 e. The molecule has 0 radical (unpaired) electrons. The van der Waals surface area contributed by atoms with Crippen molar-refractivity contribution in [2.45, 2.75) is 45.9 Å². The first kappa shape index (κ1) is 19.6. The molecule has 23 heavy (non-hydrogen) atoms. The number of amides is 1. The first-order valence-corrected chi connectivity index (χ1v) is 8.90. The van der Waals surface area contributed by atoms with Gasteiger partial charge in [0.2, 0.25) is 15.9 Å². The van der Waals surface area contributed by atoms with E-state index in [2.05, 4.69) is 4.72 Å². The van der Waals surface area contributed by atoms with Gasteiger partial charge in [0.1, 0.15) is 0 Å². The van der Waals surface area contributed by atoms with Crippen LogP contribution < -0.4 is 4.72 Å². The van der Waals surface area contributed by atoms with E-state index in [0.29, 0.717) is 4.90 Å². The molecule has 0 aliphatic rings. The van der Waals surface area contributed by atoms with Gasteiger partial charge in [0.25, 0.3) is 0 Å². The van der Waals surface area contributed by atoms with Crippen LogP contribution in [0.1, 0.15) is 34.2 Å². The molecule has 0 unspecified atom stereocenters. The van der Waals surface area contributed by atoms with Crippen molar-refractivity contribution < 1.29 is 18.0 Å². The lowest BCUT2D eigenvalue weighted by Crippen LogP contribution is -2.32. The number of rotatable bonds is 6. The van der Waals surface area contributed by atoms with Crippen LogP contribution >= 0.6 is 0 Å².